The first kappa shape index (κ1) is 9.02. The summed E-state index contributed by atoms with van der Waals surface area (Å²) < 4.78 is 1.93. The Labute approximate surface area is 82.1 Å². The van der Waals surface area contributed by atoms with Gasteiger partial charge in [0.1, 0.15) is 12.2 Å². The highest BCUT2D eigenvalue weighted by Gasteiger charge is 2.17. The van der Waals surface area contributed by atoms with E-state index in [-0.39, 0.29) is 0 Å². The van der Waals surface area contributed by atoms with Crippen molar-refractivity contribution in [2.24, 2.45) is 0 Å². The quantitative estimate of drug-likeness (QED) is 0.765. The number of rotatable bonds is 4. The highest BCUT2D eigenvalue weighted by molar-refractivity contribution is 8.00. The van der Waals surface area contributed by atoms with Crippen LogP contribution in [0.4, 0.5) is 0 Å². The maximum Gasteiger partial charge on any atom is 0.140 e. The molecule has 1 N–H and O–H groups in total. The second-order valence-corrected chi connectivity index (χ2v) is 4.18. The minimum absolute atomic E-state index is 0.687. The average Bonchev–Trinajstić information content (AvgIpc) is 2.49. The van der Waals surface area contributed by atoms with Crippen LogP contribution in [0, 0.1) is 0 Å². The molecule has 0 aromatic carbocycles. The first-order valence-corrected chi connectivity index (χ1v) is 5.73. The zero-order valence-corrected chi connectivity index (χ0v) is 8.55. The molecular formula is C8H14N4S. The van der Waals surface area contributed by atoms with Gasteiger partial charge < -0.3 is 5.32 Å². The van der Waals surface area contributed by atoms with Crippen LogP contribution in [0.1, 0.15) is 12.7 Å². The summed E-state index contributed by atoms with van der Waals surface area (Å²) in [7, 11) is 0. The van der Waals surface area contributed by atoms with Gasteiger partial charge in [-0.25, -0.2) is 9.67 Å². The molecule has 1 aromatic heterocycles. The van der Waals surface area contributed by atoms with Crippen LogP contribution in [0.15, 0.2) is 6.33 Å². The standard InChI is InChI=1S/C8H14N4S/c1-2-12-8(10-6-11-12)3-9-7-4-13-5-7/h6-7,9H,2-5H2,1H3. The van der Waals surface area contributed by atoms with Crippen molar-refractivity contribution in [3.05, 3.63) is 12.2 Å². The molecular weight excluding hydrogens is 184 g/mol. The van der Waals surface area contributed by atoms with Crippen molar-refractivity contribution in [2.75, 3.05) is 11.5 Å². The molecule has 5 heteroatoms. The van der Waals surface area contributed by atoms with Crippen molar-refractivity contribution in [1.29, 1.82) is 0 Å². The van der Waals surface area contributed by atoms with Crippen LogP contribution in [0.2, 0.25) is 0 Å². The van der Waals surface area contributed by atoms with Crippen molar-refractivity contribution < 1.29 is 0 Å². The van der Waals surface area contributed by atoms with Gasteiger partial charge in [-0.15, -0.1) is 0 Å². The molecule has 1 fully saturated rings. The van der Waals surface area contributed by atoms with Crippen LogP contribution in [0.5, 0.6) is 0 Å². The Kier molecular flexibility index (Phi) is 2.85. The van der Waals surface area contributed by atoms with Gasteiger partial charge >= 0.3 is 0 Å². The van der Waals surface area contributed by atoms with E-state index in [0.29, 0.717) is 6.04 Å². The molecule has 1 saturated heterocycles. The highest BCUT2D eigenvalue weighted by Crippen LogP contribution is 2.17. The summed E-state index contributed by atoms with van der Waals surface area (Å²) in [6, 6.07) is 0.687. The molecule has 0 saturated carbocycles. The van der Waals surface area contributed by atoms with Gasteiger partial charge in [0.05, 0.1) is 6.54 Å². The third kappa shape index (κ3) is 2.03. The molecule has 1 aromatic rings. The van der Waals surface area contributed by atoms with E-state index in [1.165, 1.54) is 11.5 Å². The monoisotopic (exact) mass is 198 g/mol. The van der Waals surface area contributed by atoms with Crippen molar-refractivity contribution in [3.63, 3.8) is 0 Å². The summed E-state index contributed by atoms with van der Waals surface area (Å²) in [6.45, 7) is 3.83. The van der Waals surface area contributed by atoms with E-state index >= 15 is 0 Å². The van der Waals surface area contributed by atoms with Crippen molar-refractivity contribution in [2.45, 2.75) is 26.1 Å². The molecule has 1 aliphatic rings. The van der Waals surface area contributed by atoms with E-state index < -0.39 is 0 Å². The molecule has 72 valence electrons. The first-order chi connectivity index (χ1) is 6.40. The van der Waals surface area contributed by atoms with Crippen LogP contribution >= 0.6 is 11.8 Å². The third-order valence-corrected chi connectivity index (χ3v) is 3.46. The van der Waals surface area contributed by atoms with Crippen LogP contribution in [-0.2, 0) is 13.1 Å². The molecule has 0 unspecified atom stereocenters. The third-order valence-electron chi connectivity index (χ3n) is 2.18. The van der Waals surface area contributed by atoms with E-state index in [1.807, 2.05) is 16.4 Å². The molecule has 2 rings (SSSR count). The Balaban J connectivity index is 1.85. The van der Waals surface area contributed by atoms with Gasteiger partial charge in [-0.05, 0) is 6.92 Å². The summed E-state index contributed by atoms with van der Waals surface area (Å²) in [4.78, 5) is 4.20. The van der Waals surface area contributed by atoms with E-state index in [1.54, 1.807) is 6.33 Å². The zero-order chi connectivity index (χ0) is 9.10. The van der Waals surface area contributed by atoms with E-state index in [4.69, 9.17) is 0 Å². The van der Waals surface area contributed by atoms with Crippen LogP contribution in [-0.4, -0.2) is 32.3 Å². The smallest absolute Gasteiger partial charge is 0.140 e. The van der Waals surface area contributed by atoms with Gasteiger partial charge in [-0.1, -0.05) is 0 Å². The molecule has 1 aliphatic heterocycles. The summed E-state index contributed by atoms with van der Waals surface area (Å²) in [5.41, 5.74) is 0. The average molecular weight is 198 g/mol. The number of aromatic nitrogens is 3. The van der Waals surface area contributed by atoms with Gasteiger partial charge in [0.15, 0.2) is 0 Å². The highest BCUT2D eigenvalue weighted by atomic mass is 32.2. The molecule has 2 heterocycles. The number of hydrogen-bond acceptors (Lipinski definition) is 4. The van der Waals surface area contributed by atoms with Crippen molar-refractivity contribution >= 4 is 11.8 Å². The number of hydrogen-bond donors (Lipinski definition) is 1. The molecule has 0 bridgehead atoms. The lowest BCUT2D eigenvalue weighted by Crippen LogP contribution is -2.40. The lowest BCUT2D eigenvalue weighted by molar-refractivity contribution is 0.529. The molecule has 13 heavy (non-hydrogen) atoms. The summed E-state index contributed by atoms with van der Waals surface area (Å²) >= 11 is 1.99. The van der Waals surface area contributed by atoms with Gasteiger partial charge in [-0.3, -0.25) is 0 Å². The maximum absolute atomic E-state index is 4.20. The minimum Gasteiger partial charge on any atom is -0.305 e. The van der Waals surface area contributed by atoms with Crippen LogP contribution in [0.3, 0.4) is 0 Å². The zero-order valence-electron chi connectivity index (χ0n) is 7.73. The molecule has 0 aliphatic carbocycles. The molecule has 0 radical (unpaired) electrons. The molecule has 0 spiro atoms. The summed E-state index contributed by atoms with van der Waals surface area (Å²) in [6.07, 6.45) is 1.62. The summed E-state index contributed by atoms with van der Waals surface area (Å²) in [5, 5.41) is 7.57. The van der Waals surface area contributed by atoms with Crippen molar-refractivity contribution in [1.82, 2.24) is 20.1 Å². The van der Waals surface area contributed by atoms with Gasteiger partial charge in [-0.2, -0.15) is 16.9 Å². The normalized spacial score (nSPS) is 17.3. The lowest BCUT2D eigenvalue weighted by Gasteiger charge is -2.25. The van der Waals surface area contributed by atoms with Gasteiger partial charge in [0.25, 0.3) is 0 Å². The van der Waals surface area contributed by atoms with Gasteiger partial charge in [0.2, 0.25) is 0 Å². The minimum atomic E-state index is 0.687. The fourth-order valence-corrected chi connectivity index (χ4v) is 1.99. The van der Waals surface area contributed by atoms with E-state index in [2.05, 4.69) is 22.3 Å². The first-order valence-electron chi connectivity index (χ1n) is 4.58. The number of nitrogens with zero attached hydrogens (tertiary/aromatic N) is 3. The summed E-state index contributed by atoms with van der Waals surface area (Å²) in [5.74, 6) is 3.51. The SMILES string of the molecule is CCn1ncnc1CNC1CSC1. The Morgan fingerprint density at radius 3 is 3.15 bits per heavy atom. The topological polar surface area (TPSA) is 42.7 Å². The maximum atomic E-state index is 4.20. The predicted molar refractivity (Wildman–Crippen MR) is 53.6 cm³/mol. The van der Waals surface area contributed by atoms with Crippen molar-refractivity contribution in [3.8, 4) is 0 Å². The number of thioether (sulfide) groups is 1. The van der Waals surface area contributed by atoms with Crippen LogP contribution < -0.4 is 5.32 Å². The Bertz CT molecular complexity index is 269. The molecule has 4 nitrogen and oxygen atoms in total. The number of aryl methyl sites for hydroxylation is 1. The number of nitrogens with one attached hydrogen (secondary N) is 1. The molecule has 0 atom stereocenters. The fourth-order valence-electron chi connectivity index (χ4n) is 1.28. The second kappa shape index (κ2) is 4.11. The van der Waals surface area contributed by atoms with E-state index in [0.717, 1.165) is 18.9 Å². The van der Waals surface area contributed by atoms with Gasteiger partial charge in [0, 0.05) is 24.1 Å². The largest absolute Gasteiger partial charge is 0.305 e. The Morgan fingerprint density at radius 1 is 1.69 bits per heavy atom. The Morgan fingerprint density at radius 2 is 2.54 bits per heavy atom. The lowest BCUT2D eigenvalue weighted by atomic mass is 10.3. The second-order valence-electron chi connectivity index (χ2n) is 3.11. The molecule has 0 amide bonds. The van der Waals surface area contributed by atoms with E-state index in [9.17, 15) is 0 Å². The van der Waals surface area contributed by atoms with Crippen LogP contribution in [0.25, 0.3) is 0 Å². The predicted octanol–water partition coefficient (Wildman–Crippen LogP) is 0.503. The fraction of sp³-hybridized carbons (Fsp3) is 0.750. The Hall–Kier alpha value is -0.550.